The van der Waals surface area contributed by atoms with Gasteiger partial charge in [-0.15, -0.1) is 5.10 Å². The van der Waals surface area contributed by atoms with Crippen LogP contribution in [0, 0.1) is 5.92 Å². The van der Waals surface area contributed by atoms with E-state index >= 15 is 0 Å². The van der Waals surface area contributed by atoms with Gasteiger partial charge in [-0.1, -0.05) is 6.92 Å². The summed E-state index contributed by atoms with van der Waals surface area (Å²) >= 11 is 0. The standard InChI is InChI=1S/C20H26N8O/c1-12-10-15(12)16-11-18(25-24-16)22-19-17-4-3-7-28(17)26-20(23-19)27-8-5-14(6-9-27)21-13(2)29/h3-4,7,11-12,14-15H,5-6,8-10H2,1-2H3,(H,21,29)(H2,22,23,24,25,26)/t12-,15-/m1/s1. The number of aromatic amines is 1. The molecule has 3 aromatic heterocycles. The summed E-state index contributed by atoms with van der Waals surface area (Å²) in [6, 6.07) is 6.26. The molecule has 29 heavy (non-hydrogen) atoms. The molecule has 0 bridgehead atoms. The highest BCUT2D eigenvalue weighted by molar-refractivity contribution is 5.74. The predicted octanol–water partition coefficient (Wildman–Crippen LogP) is 2.42. The van der Waals surface area contributed by atoms with Crippen molar-refractivity contribution in [3.8, 4) is 0 Å². The molecule has 2 aliphatic rings. The largest absolute Gasteiger partial charge is 0.353 e. The number of H-pyrrole nitrogens is 1. The summed E-state index contributed by atoms with van der Waals surface area (Å²) < 4.78 is 1.85. The van der Waals surface area contributed by atoms with E-state index in [1.807, 2.05) is 22.8 Å². The molecular weight excluding hydrogens is 368 g/mol. The molecule has 1 saturated heterocycles. The van der Waals surface area contributed by atoms with Gasteiger partial charge in [-0.25, -0.2) is 4.52 Å². The van der Waals surface area contributed by atoms with Gasteiger partial charge in [-0.05, 0) is 37.3 Å². The molecular formula is C20H26N8O. The third-order valence-corrected chi connectivity index (χ3v) is 5.91. The Labute approximate surface area is 168 Å². The van der Waals surface area contributed by atoms with E-state index in [0.29, 0.717) is 11.9 Å². The zero-order valence-electron chi connectivity index (χ0n) is 16.7. The molecule has 1 amide bonds. The third-order valence-electron chi connectivity index (χ3n) is 5.91. The van der Waals surface area contributed by atoms with Crippen molar-refractivity contribution < 1.29 is 4.79 Å². The average molecular weight is 394 g/mol. The summed E-state index contributed by atoms with van der Waals surface area (Å²) in [6.07, 6.45) is 4.91. The fourth-order valence-electron chi connectivity index (χ4n) is 4.11. The van der Waals surface area contributed by atoms with E-state index < -0.39 is 0 Å². The van der Waals surface area contributed by atoms with Crippen molar-refractivity contribution in [2.24, 2.45) is 5.92 Å². The van der Waals surface area contributed by atoms with E-state index in [-0.39, 0.29) is 11.9 Å². The van der Waals surface area contributed by atoms with Crippen molar-refractivity contribution in [3.05, 3.63) is 30.1 Å². The number of fused-ring (bicyclic) bond motifs is 1. The quantitative estimate of drug-likeness (QED) is 0.614. The van der Waals surface area contributed by atoms with Crippen LogP contribution in [0.25, 0.3) is 5.52 Å². The van der Waals surface area contributed by atoms with Crippen LogP contribution in [0.3, 0.4) is 0 Å². The highest BCUT2D eigenvalue weighted by Gasteiger charge is 2.36. The molecule has 1 saturated carbocycles. The normalized spacial score (nSPS) is 22.1. The van der Waals surface area contributed by atoms with Gasteiger partial charge in [0, 0.05) is 44.2 Å². The second-order valence-electron chi connectivity index (χ2n) is 8.21. The zero-order valence-corrected chi connectivity index (χ0v) is 16.7. The summed E-state index contributed by atoms with van der Waals surface area (Å²) in [5.41, 5.74) is 2.03. The third kappa shape index (κ3) is 3.64. The topological polar surface area (TPSA) is 103 Å². The number of carbonyl (C=O) groups excluding carboxylic acids is 1. The number of hydrogen-bond donors (Lipinski definition) is 3. The Hall–Kier alpha value is -3.10. The zero-order chi connectivity index (χ0) is 20.0. The van der Waals surface area contributed by atoms with E-state index in [0.717, 1.165) is 54.7 Å². The molecule has 1 aliphatic carbocycles. The smallest absolute Gasteiger partial charge is 0.245 e. The first-order valence-electron chi connectivity index (χ1n) is 10.3. The van der Waals surface area contributed by atoms with Crippen molar-refractivity contribution in [2.75, 3.05) is 23.3 Å². The van der Waals surface area contributed by atoms with Gasteiger partial charge in [-0.3, -0.25) is 9.89 Å². The molecule has 3 N–H and O–H groups in total. The highest BCUT2D eigenvalue weighted by atomic mass is 16.1. The first-order valence-corrected chi connectivity index (χ1v) is 10.3. The molecule has 9 heteroatoms. The number of nitrogens with zero attached hydrogens (tertiary/aromatic N) is 5. The fraction of sp³-hybridized carbons (Fsp3) is 0.500. The summed E-state index contributed by atoms with van der Waals surface area (Å²) in [7, 11) is 0. The summed E-state index contributed by atoms with van der Waals surface area (Å²) in [5, 5.41) is 18.6. The van der Waals surface area contributed by atoms with E-state index in [1.54, 1.807) is 6.92 Å². The molecule has 3 aromatic rings. The summed E-state index contributed by atoms with van der Waals surface area (Å²) in [4.78, 5) is 18.3. The Morgan fingerprint density at radius 2 is 2.10 bits per heavy atom. The molecule has 0 unspecified atom stereocenters. The minimum absolute atomic E-state index is 0.0273. The lowest BCUT2D eigenvalue weighted by Gasteiger charge is -2.32. The molecule has 9 nitrogen and oxygen atoms in total. The Balaban J connectivity index is 1.36. The van der Waals surface area contributed by atoms with Crippen molar-refractivity contribution in [1.29, 1.82) is 0 Å². The Bertz CT molecular complexity index is 1030. The monoisotopic (exact) mass is 394 g/mol. The van der Waals surface area contributed by atoms with Crippen LogP contribution < -0.4 is 15.5 Å². The fourth-order valence-corrected chi connectivity index (χ4v) is 4.11. The number of carbonyl (C=O) groups is 1. The van der Waals surface area contributed by atoms with Gasteiger partial charge in [0.1, 0.15) is 11.3 Å². The highest BCUT2D eigenvalue weighted by Crippen LogP contribution is 2.46. The SMILES string of the molecule is CC(=O)NC1CCN(c2nc(Nc3cc([C@@H]4C[C@H]4C)n[nH]3)c3cccn3n2)CC1. The maximum Gasteiger partial charge on any atom is 0.245 e. The van der Waals surface area contributed by atoms with Crippen molar-refractivity contribution in [2.45, 2.75) is 45.1 Å². The Kier molecular flexibility index (Phi) is 4.37. The molecule has 1 aliphatic heterocycles. The van der Waals surface area contributed by atoms with Crippen molar-refractivity contribution >= 4 is 29.0 Å². The number of aromatic nitrogens is 5. The maximum atomic E-state index is 11.3. The molecule has 0 spiro atoms. The average Bonchev–Trinajstić information content (AvgIpc) is 3.09. The second kappa shape index (κ2) is 7.06. The van der Waals surface area contributed by atoms with Gasteiger partial charge < -0.3 is 15.5 Å². The number of rotatable bonds is 5. The lowest BCUT2D eigenvalue weighted by molar-refractivity contribution is -0.119. The lowest BCUT2D eigenvalue weighted by Crippen LogP contribution is -2.44. The van der Waals surface area contributed by atoms with Crippen LogP contribution in [0.4, 0.5) is 17.6 Å². The molecule has 2 atom stereocenters. The second-order valence-corrected chi connectivity index (χ2v) is 8.21. The van der Waals surface area contributed by atoms with Gasteiger partial charge >= 0.3 is 0 Å². The molecule has 0 aromatic carbocycles. The van der Waals surface area contributed by atoms with Crippen LogP contribution in [0.1, 0.15) is 44.7 Å². The molecule has 0 radical (unpaired) electrons. The van der Waals surface area contributed by atoms with Crippen LogP contribution >= 0.6 is 0 Å². The Morgan fingerprint density at radius 1 is 1.31 bits per heavy atom. The molecule has 5 rings (SSSR count). The van der Waals surface area contributed by atoms with Gasteiger partial charge in [-0.2, -0.15) is 10.1 Å². The first kappa shape index (κ1) is 18.0. The van der Waals surface area contributed by atoms with Gasteiger partial charge in [0.25, 0.3) is 0 Å². The lowest BCUT2D eigenvalue weighted by atomic mass is 10.1. The van der Waals surface area contributed by atoms with Crippen molar-refractivity contribution in [3.63, 3.8) is 0 Å². The summed E-state index contributed by atoms with van der Waals surface area (Å²) in [6.45, 7) is 5.44. The van der Waals surface area contributed by atoms with Gasteiger partial charge in [0.2, 0.25) is 11.9 Å². The van der Waals surface area contributed by atoms with Crippen LogP contribution in [-0.4, -0.2) is 49.8 Å². The number of nitrogens with one attached hydrogen (secondary N) is 3. The first-order chi connectivity index (χ1) is 14.1. The summed E-state index contributed by atoms with van der Waals surface area (Å²) in [5.74, 6) is 3.60. The van der Waals surface area contributed by atoms with Gasteiger partial charge in [0.15, 0.2) is 5.82 Å². The Morgan fingerprint density at radius 3 is 2.83 bits per heavy atom. The minimum Gasteiger partial charge on any atom is -0.353 e. The molecule has 2 fully saturated rings. The van der Waals surface area contributed by atoms with Crippen LogP contribution in [0.15, 0.2) is 24.4 Å². The minimum atomic E-state index is 0.0273. The van der Waals surface area contributed by atoms with E-state index in [9.17, 15) is 4.79 Å². The number of hydrogen-bond acceptors (Lipinski definition) is 6. The van der Waals surface area contributed by atoms with Crippen molar-refractivity contribution in [1.82, 2.24) is 30.1 Å². The predicted molar refractivity (Wildman–Crippen MR) is 110 cm³/mol. The van der Waals surface area contributed by atoms with Crippen LogP contribution in [0.2, 0.25) is 0 Å². The molecule has 152 valence electrons. The molecule has 4 heterocycles. The van der Waals surface area contributed by atoms with Crippen LogP contribution in [0.5, 0.6) is 0 Å². The van der Waals surface area contributed by atoms with Gasteiger partial charge in [0.05, 0.1) is 5.69 Å². The van der Waals surface area contributed by atoms with E-state index in [1.165, 1.54) is 6.42 Å². The number of piperidine rings is 1. The van der Waals surface area contributed by atoms with Crippen LogP contribution in [-0.2, 0) is 4.79 Å². The van der Waals surface area contributed by atoms with E-state index in [4.69, 9.17) is 4.98 Å². The number of amides is 1. The maximum absolute atomic E-state index is 11.3. The van der Waals surface area contributed by atoms with E-state index in [2.05, 4.69) is 43.8 Å². The number of anilines is 3.